The number of rotatable bonds is 4. The maximum atomic E-state index is 9.32. The molecule has 2 aromatic rings. The third-order valence-electron chi connectivity index (χ3n) is 2.47. The summed E-state index contributed by atoms with van der Waals surface area (Å²) >= 11 is 7.14. The fourth-order valence-electron chi connectivity index (χ4n) is 1.71. The molecule has 0 aliphatic carbocycles. The lowest BCUT2D eigenvalue weighted by atomic mass is 10.1. The molecule has 0 aliphatic rings. The zero-order chi connectivity index (χ0) is 13.1. The SMILES string of the molecule is COc1cccc(-c2nc(Cl)sc2CO)c1OC. The Balaban J connectivity index is 2.62. The lowest BCUT2D eigenvalue weighted by Gasteiger charge is -2.11. The predicted octanol–water partition coefficient (Wildman–Crippen LogP) is 2.97. The van der Waals surface area contributed by atoms with Crippen molar-refractivity contribution in [3.8, 4) is 22.8 Å². The number of hydrogen-bond acceptors (Lipinski definition) is 5. The normalized spacial score (nSPS) is 10.4. The van der Waals surface area contributed by atoms with Gasteiger partial charge in [0.2, 0.25) is 0 Å². The fourth-order valence-corrected chi connectivity index (χ4v) is 2.74. The number of benzene rings is 1. The maximum absolute atomic E-state index is 9.32. The van der Waals surface area contributed by atoms with Gasteiger partial charge in [-0.3, -0.25) is 0 Å². The molecule has 2 rings (SSSR count). The number of para-hydroxylation sites is 1. The smallest absolute Gasteiger partial charge is 0.184 e. The van der Waals surface area contributed by atoms with Crippen LogP contribution in [0.15, 0.2) is 18.2 Å². The second-order valence-corrected chi connectivity index (χ2v) is 5.10. The lowest BCUT2D eigenvalue weighted by Crippen LogP contribution is -1.94. The van der Waals surface area contributed by atoms with E-state index in [1.54, 1.807) is 20.3 Å². The molecule has 0 bridgehead atoms. The number of aliphatic hydroxyl groups is 1. The van der Waals surface area contributed by atoms with E-state index in [2.05, 4.69) is 4.98 Å². The van der Waals surface area contributed by atoms with Gasteiger partial charge in [-0.05, 0) is 12.1 Å². The molecule has 1 N–H and O–H groups in total. The zero-order valence-electron chi connectivity index (χ0n) is 9.94. The maximum Gasteiger partial charge on any atom is 0.184 e. The first kappa shape index (κ1) is 13.1. The molecule has 0 atom stereocenters. The Morgan fingerprint density at radius 3 is 2.72 bits per heavy atom. The molecular weight excluding hydrogens is 274 g/mol. The van der Waals surface area contributed by atoms with Gasteiger partial charge in [0.05, 0.1) is 31.4 Å². The highest BCUT2D eigenvalue weighted by Gasteiger charge is 2.18. The molecule has 6 heteroatoms. The van der Waals surface area contributed by atoms with Crippen LogP contribution in [0.25, 0.3) is 11.3 Å². The van der Waals surface area contributed by atoms with Crippen molar-refractivity contribution in [1.29, 1.82) is 0 Å². The van der Waals surface area contributed by atoms with Crippen molar-refractivity contribution < 1.29 is 14.6 Å². The van der Waals surface area contributed by atoms with Crippen LogP contribution in [-0.2, 0) is 6.61 Å². The Labute approximate surface area is 114 Å². The third-order valence-corrected chi connectivity index (χ3v) is 3.62. The van der Waals surface area contributed by atoms with Gasteiger partial charge in [0, 0.05) is 5.56 Å². The zero-order valence-corrected chi connectivity index (χ0v) is 11.5. The summed E-state index contributed by atoms with van der Waals surface area (Å²) < 4.78 is 11.0. The Hall–Kier alpha value is -1.30. The van der Waals surface area contributed by atoms with E-state index in [0.717, 1.165) is 5.56 Å². The molecule has 1 aromatic carbocycles. The van der Waals surface area contributed by atoms with Crippen LogP contribution < -0.4 is 9.47 Å². The molecule has 0 radical (unpaired) electrons. The third kappa shape index (κ3) is 2.29. The number of hydrogen-bond donors (Lipinski definition) is 1. The number of aromatic nitrogens is 1. The molecule has 18 heavy (non-hydrogen) atoms. The molecule has 4 nitrogen and oxygen atoms in total. The minimum atomic E-state index is -0.111. The summed E-state index contributed by atoms with van der Waals surface area (Å²) in [6, 6.07) is 5.49. The Morgan fingerprint density at radius 1 is 1.33 bits per heavy atom. The summed E-state index contributed by atoms with van der Waals surface area (Å²) in [6.45, 7) is -0.111. The number of thiazole rings is 1. The summed E-state index contributed by atoms with van der Waals surface area (Å²) in [6.07, 6.45) is 0. The molecular formula is C12H12ClNO3S. The quantitative estimate of drug-likeness (QED) is 0.938. The molecule has 0 saturated carbocycles. The van der Waals surface area contributed by atoms with Crippen molar-refractivity contribution in [2.45, 2.75) is 6.61 Å². The van der Waals surface area contributed by atoms with Crippen molar-refractivity contribution >= 4 is 22.9 Å². The highest BCUT2D eigenvalue weighted by molar-refractivity contribution is 7.16. The van der Waals surface area contributed by atoms with Crippen molar-refractivity contribution in [3.63, 3.8) is 0 Å². The molecule has 0 amide bonds. The summed E-state index contributed by atoms with van der Waals surface area (Å²) in [5.74, 6) is 1.19. The van der Waals surface area contributed by atoms with Crippen LogP contribution in [-0.4, -0.2) is 24.3 Å². The van der Waals surface area contributed by atoms with Crippen molar-refractivity contribution in [1.82, 2.24) is 4.98 Å². The van der Waals surface area contributed by atoms with Gasteiger partial charge in [0.25, 0.3) is 0 Å². The monoisotopic (exact) mass is 285 g/mol. The van der Waals surface area contributed by atoms with E-state index >= 15 is 0 Å². The second-order valence-electron chi connectivity index (χ2n) is 3.44. The van der Waals surface area contributed by atoms with Gasteiger partial charge < -0.3 is 14.6 Å². The van der Waals surface area contributed by atoms with Gasteiger partial charge in [-0.15, -0.1) is 11.3 Å². The highest BCUT2D eigenvalue weighted by atomic mass is 35.5. The number of halogens is 1. The van der Waals surface area contributed by atoms with Gasteiger partial charge >= 0.3 is 0 Å². The topological polar surface area (TPSA) is 51.6 Å². The van der Waals surface area contributed by atoms with Crippen LogP contribution in [0.5, 0.6) is 11.5 Å². The highest BCUT2D eigenvalue weighted by Crippen LogP contribution is 2.40. The first-order chi connectivity index (χ1) is 8.71. The van der Waals surface area contributed by atoms with Crippen LogP contribution in [0.4, 0.5) is 0 Å². The van der Waals surface area contributed by atoms with E-state index in [0.29, 0.717) is 26.5 Å². The average Bonchev–Trinajstić information content (AvgIpc) is 2.78. The number of nitrogens with zero attached hydrogens (tertiary/aromatic N) is 1. The summed E-state index contributed by atoms with van der Waals surface area (Å²) in [4.78, 5) is 4.92. The molecule has 1 aromatic heterocycles. The number of ether oxygens (including phenoxy) is 2. The molecule has 1 heterocycles. The molecule has 96 valence electrons. The van der Waals surface area contributed by atoms with Crippen molar-refractivity contribution in [2.75, 3.05) is 14.2 Å². The molecule has 0 aliphatic heterocycles. The van der Waals surface area contributed by atoms with Gasteiger partial charge in [-0.1, -0.05) is 17.7 Å². The number of methoxy groups -OCH3 is 2. The van der Waals surface area contributed by atoms with Crippen LogP contribution >= 0.6 is 22.9 Å². The lowest BCUT2D eigenvalue weighted by molar-refractivity contribution is 0.285. The van der Waals surface area contributed by atoms with E-state index in [-0.39, 0.29) is 6.61 Å². The largest absolute Gasteiger partial charge is 0.493 e. The first-order valence-corrected chi connectivity index (χ1v) is 6.38. The number of aliphatic hydroxyl groups excluding tert-OH is 1. The Kier molecular flexibility index (Phi) is 4.06. The van der Waals surface area contributed by atoms with Crippen molar-refractivity contribution in [3.05, 3.63) is 27.5 Å². The Morgan fingerprint density at radius 2 is 2.11 bits per heavy atom. The fraction of sp³-hybridized carbons (Fsp3) is 0.250. The Bertz CT molecular complexity index is 556. The minimum Gasteiger partial charge on any atom is -0.493 e. The van der Waals surface area contributed by atoms with Crippen molar-refractivity contribution in [2.24, 2.45) is 0 Å². The second kappa shape index (κ2) is 5.56. The summed E-state index contributed by atoms with van der Waals surface area (Å²) in [5, 5.41) is 9.32. The molecule has 0 saturated heterocycles. The molecule has 0 spiro atoms. The van der Waals surface area contributed by atoms with Gasteiger partial charge in [-0.25, -0.2) is 4.98 Å². The van der Waals surface area contributed by atoms with Crippen LogP contribution in [0.1, 0.15) is 4.88 Å². The summed E-state index contributed by atoms with van der Waals surface area (Å²) in [5.41, 5.74) is 1.38. The molecule has 0 fully saturated rings. The van der Waals surface area contributed by atoms with E-state index in [1.165, 1.54) is 11.3 Å². The van der Waals surface area contributed by atoms with E-state index in [1.807, 2.05) is 12.1 Å². The van der Waals surface area contributed by atoms with E-state index in [4.69, 9.17) is 21.1 Å². The van der Waals surface area contributed by atoms with E-state index in [9.17, 15) is 5.11 Å². The minimum absolute atomic E-state index is 0.111. The van der Waals surface area contributed by atoms with Gasteiger partial charge in [0.1, 0.15) is 0 Å². The first-order valence-electron chi connectivity index (χ1n) is 5.18. The van der Waals surface area contributed by atoms with Gasteiger partial charge in [-0.2, -0.15) is 0 Å². The predicted molar refractivity (Wildman–Crippen MR) is 71.6 cm³/mol. The van der Waals surface area contributed by atoms with Crippen LogP contribution in [0, 0.1) is 0 Å². The molecule has 0 unspecified atom stereocenters. The van der Waals surface area contributed by atoms with Crippen LogP contribution in [0.2, 0.25) is 4.47 Å². The summed E-state index contributed by atoms with van der Waals surface area (Å²) in [7, 11) is 3.14. The van der Waals surface area contributed by atoms with Crippen LogP contribution in [0.3, 0.4) is 0 Å². The van der Waals surface area contributed by atoms with E-state index < -0.39 is 0 Å². The van der Waals surface area contributed by atoms with Gasteiger partial charge in [0.15, 0.2) is 16.0 Å². The standard InChI is InChI=1S/C12H12ClNO3S/c1-16-8-5-3-4-7(11(8)17-2)10-9(6-15)18-12(13)14-10/h3-5,15H,6H2,1-2H3. The average molecular weight is 286 g/mol.